The van der Waals surface area contributed by atoms with Crippen LogP contribution in [0, 0.1) is 0 Å². The average molecular weight is 364 g/mol. The molecule has 1 aromatic carbocycles. The molecule has 0 saturated carbocycles. The van der Waals surface area contributed by atoms with E-state index in [-0.39, 0.29) is 11.9 Å². The van der Waals surface area contributed by atoms with Gasteiger partial charge in [0.25, 0.3) is 0 Å². The van der Waals surface area contributed by atoms with Crippen LogP contribution in [0.15, 0.2) is 41.1 Å². The fraction of sp³-hybridized carbons (Fsp3) is 0.389. The van der Waals surface area contributed by atoms with Crippen molar-refractivity contribution in [2.24, 2.45) is 5.73 Å². The Balaban J connectivity index is 1.54. The SMILES string of the molecule is C[C@@](N)(C(=O)N[C@@H]1CCN(Cc2ccc(Cl)cc2)C1)c1ccsc1. The first-order valence-electron chi connectivity index (χ1n) is 8.04. The lowest BCUT2D eigenvalue weighted by Gasteiger charge is -2.25. The molecule has 6 heteroatoms. The highest BCUT2D eigenvalue weighted by Crippen LogP contribution is 2.22. The number of halogens is 1. The van der Waals surface area contributed by atoms with Crippen molar-refractivity contribution < 1.29 is 4.79 Å². The Morgan fingerprint density at radius 2 is 2.17 bits per heavy atom. The lowest BCUT2D eigenvalue weighted by Crippen LogP contribution is -2.52. The number of carbonyl (C=O) groups excluding carboxylic acids is 1. The highest BCUT2D eigenvalue weighted by Gasteiger charge is 2.34. The first-order chi connectivity index (χ1) is 11.4. The van der Waals surface area contributed by atoms with Gasteiger partial charge in [0.15, 0.2) is 0 Å². The van der Waals surface area contributed by atoms with Crippen molar-refractivity contribution in [2.75, 3.05) is 13.1 Å². The number of thiophene rings is 1. The molecule has 0 aliphatic carbocycles. The molecule has 2 heterocycles. The fourth-order valence-corrected chi connectivity index (χ4v) is 3.87. The van der Waals surface area contributed by atoms with Gasteiger partial charge in [-0.05, 0) is 53.4 Å². The number of nitrogens with zero attached hydrogens (tertiary/aromatic N) is 1. The molecular weight excluding hydrogens is 342 g/mol. The van der Waals surface area contributed by atoms with E-state index in [1.54, 1.807) is 18.3 Å². The summed E-state index contributed by atoms with van der Waals surface area (Å²) in [5.41, 5.74) is 7.35. The highest BCUT2D eigenvalue weighted by molar-refractivity contribution is 7.08. The minimum Gasteiger partial charge on any atom is -0.350 e. The molecule has 1 aliphatic heterocycles. The summed E-state index contributed by atoms with van der Waals surface area (Å²) in [6.45, 7) is 4.44. The van der Waals surface area contributed by atoms with Crippen LogP contribution in [0.2, 0.25) is 5.02 Å². The molecule has 0 unspecified atom stereocenters. The topological polar surface area (TPSA) is 58.4 Å². The zero-order valence-corrected chi connectivity index (χ0v) is 15.2. The molecule has 3 N–H and O–H groups in total. The van der Waals surface area contributed by atoms with E-state index >= 15 is 0 Å². The molecular formula is C18H22ClN3OS. The fourth-order valence-electron chi connectivity index (χ4n) is 2.97. The van der Waals surface area contributed by atoms with Crippen LogP contribution in [0.3, 0.4) is 0 Å². The first-order valence-corrected chi connectivity index (χ1v) is 9.36. The smallest absolute Gasteiger partial charge is 0.244 e. The maximum atomic E-state index is 12.6. The number of hydrogen-bond donors (Lipinski definition) is 2. The van der Waals surface area contributed by atoms with Gasteiger partial charge in [0.2, 0.25) is 5.91 Å². The number of benzene rings is 1. The van der Waals surface area contributed by atoms with Gasteiger partial charge >= 0.3 is 0 Å². The number of nitrogens with one attached hydrogen (secondary N) is 1. The van der Waals surface area contributed by atoms with Crippen LogP contribution >= 0.6 is 22.9 Å². The van der Waals surface area contributed by atoms with Crippen molar-refractivity contribution in [1.29, 1.82) is 0 Å². The predicted molar refractivity (Wildman–Crippen MR) is 99.1 cm³/mol. The van der Waals surface area contributed by atoms with E-state index in [0.717, 1.165) is 36.6 Å². The molecule has 0 radical (unpaired) electrons. The summed E-state index contributed by atoms with van der Waals surface area (Å²) in [5, 5.41) is 7.73. The molecule has 1 aliphatic rings. The monoisotopic (exact) mass is 363 g/mol. The second kappa shape index (κ2) is 7.23. The zero-order chi connectivity index (χ0) is 17.2. The number of hydrogen-bond acceptors (Lipinski definition) is 4. The Kier molecular flexibility index (Phi) is 5.25. The number of likely N-dealkylation sites (tertiary alicyclic amines) is 1. The van der Waals surface area contributed by atoms with Crippen molar-refractivity contribution in [1.82, 2.24) is 10.2 Å². The molecule has 24 heavy (non-hydrogen) atoms. The van der Waals surface area contributed by atoms with Gasteiger partial charge in [0.05, 0.1) is 0 Å². The van der Waals surface area contributed by atoms with E-state index in [9.17, 15) is 4.79 Å². The third-order valence-electron chi connectivity index (χ3n) is 4.52. The number of rotatable bonds is 5. The summed E-state index contributed by atoms with van der Waals surface area (Å²) in [7, 11) is 0. The summed E-state index contributed by atoms with van der Waals surface area (Å²) in [6.07, 6.45) is 0.943. The van der Waals surface area contributed by atoms with Gasteiger partial charge in [0.1, 0.15) is 5.54 Å². The Morgan fingerprint density at radius 1 is 1.42 bits per heavy atom. The van der Waals surface area contributed by atoms with Crippen molar-refractivity contribution >= 4 is 28.8 Å². The molecule has 0 spiro atoms. The maximum absolute atomic E-state index is 12.6. The summed E-state index contributed by atoms with van der Waals surface area (Å²) < 4.78 is 0. The van der Waals surface area contributed by atoms with E-state index in [1.165, 1.54) is 5.56 Å². The zero-order valence-electron chi connectivity index (χ0n) is 13.7. The third kappa shape index (κ3) is 3.98. The Hall–Kier alpha value is -1.40. The first kappa shape index (κ1) is 17.4. The molecule has 128 valence electrons. The van der Waals surface area contributed by atoms with E-state index in [0.29, 0.717) is 0 Å². The second-order valence-electron chi connectivity index (χ2n) is 6.54. The highest BCUT2D eigenvalue weighted by atomic mass is 35.5. The average Bonchev–Trinajstić information content (AvgIpc) is 3.22. The van der Waals surface area contributed by atoms with Gasteiger partial charge in [-0.15, -0.1) is 0 Å². The Bertz CT molecular complexity index is 685. The normalized spacial score (nSPS) is 20.7. The Morgan fingerprint density at radius 3 is 2.83 bits per heavy atom. The minimum absolute atomic E-state index is 0.112. The molecule has 1 aromatic heterocycles. The molecule has 1 fully saturated rings. The summed E-state index contributed by atoms with van der Waals surface area (Å²) >= 11 is 7.47. The van der Waals surface area contributed by atoms with E-state index < -0.39 is 5.54 Å². The van der Waals surface area contributed by atoms with Gasteiger partial charge in [-0.1, -0.05) is 23.7 Å². The summed E-state index contributed by atoms with van der Waals surface area (Å²) in [6, 6.07) is 9.96. The standard InChI is InChI=1S/C18H22ClN3OS/c1-18(20,14-7-9-24-12-14)17(23)21-16-6-8-22(11-16)10-13-2-4-15(19)5-3-13/h2-5,7,9,12,16H,6,8,10-11,20H2,1H3,(H,21,23)/t16-,18+/m1/s1. The molecule has 4 nitrogen and oxygen atoms in total. The molecule has 1 saturated heterocycles. The van der Waals surface area contributed by atoms with Gasteiger partial charge in [0, 0.05) is 30.7 Å². The van der Waals surface area contributed by atoms with E-state index in [2.05, 4.69) is 10.2 Å². The minimum atomic E-state index is -0.983. The molecule has 0 bridgehead atoms. The number of amides is 1. The van der Waals surface area contributed by atoms with Gasteiger partial charge in [-0.25, -0.2) is 0 Å². The molecule has 3 rings (SSSR count). The lowest BCUT2D eigenvalue weighted by molar-refractivity contribution is -0.126. The van der Waals surface area contributed by atoms with Crippen LogP contribution in [-0.4, -0.2) is 29.9 Å². The van der Waals surface area contributed by atoms with Gasteiger partial charge < -0.3 is 11.1 Å². The van der Waals surface area contributed by atoms with Crippen LogP contribution in [-0.2, 0) is 16.9 Å². The van der Waals surface area contributed by atoms with Crippen LogP contribution < -0.4 is 11.1 Å². The second-order valence-corrected chi connectivity index (χ2v) is 7.75. The lowest BCUT2D eigenvalue weighted by atomic mass is 9.94. The molecule has 2 atom stereocenters. The van der Waals surface area contributed by atoms with Crippen molar-refractivity contribution in [2.45, 2.75) is 31.5 Å². The predicted octanol–water partition coefficient (Wildman–Crippen LogP) is 2.97. The van der Waals surface area contributed by atoms with E-state index in [4.69, 9.17) is 17.3 Å². The van der Waals surface area contributed by atoms with Crippen LogP contribution in [0.5, 0.6) is 0 Å². The molecule has 2 aromatic rings. The maximum Gasteiger partial charge on any atom is 0.244 e. The number of nitrogens with two attached hydrogens (primary N) is 1. The van der Waals surface area contributed by atoms with Crippen LogP contribution in [0.25, 0.3) is 0 Å². The quantitative estimate of drug-likeness (QED) is 0.858. The summed E-state index contributed by atoms with van der Waals surface area (Å²) in [5.74, 6) is -0.112. The van der Waals surface area contributed by atoms with Gasteiger partial charge in [-0.2, -0.15) is 11.3 Å². The van der Waals surface area contributed by atoms with Gasteiger partial charge in [-0.3, -0.25) is 9.69 Å². The van der Waals surface area contributed by atoms with Crippen LogP contribution in [0.1, 0.15) is 24.5 Å². The van der Waals surface area contributed by atoms with Crippen molar-refractivity contribution in [3.05, 3.63) is 57.2 Å². The summed E-state index contributed by atoms with van der Waals surface area (Å²) in [4.78, 5) is 14.9. The molecule has 1 amide bonds. The Labute approximate surface area is 151 Å². The van der Waals surface area contributed by atoms with Crippen molar-refractivity contribution in [3.63, 3.8) is 0 Å². The third-order valence-corrected chi connectivity index (χ3v) is 5.45. The van der Waals surface area contributed by atoms with Crippen LogP contribution in [0.4, 0.5) is 0 Å². The number of carbonyl (C=O) groups is 1. The van der Waals surface area contributed by atoms with Crippen molar-refractivity contribution in [3.8, 4) is 0 Å². The van der Waals surface area contributed by atoms with E-state index in [1.807, 2.05) is 41.1 Å². The largest absolute Gasteiger partial charge is 0.350 e.